The van der Waals surface area contributed by atoms with Gasteiger partial charge in [-0.2, -0.15) is 4.98 Å². The fraction of sp³-hybridized carbons (Fsp3) is 0.333. The number of nitrogens with one attached hydrogen (secondary N) is 1. The molecular weight excluding hydrogens is 339 g/mol. The van der Waals surface area contributed by atoms with Crippen molar-refractivity contribution in [2.75, 3.05) is 26.7 Å². The highest BCUT2D eigenvalue weighted by Crippen LogP contribution is 2.29. The molecule has 2 aromatic heterocycles. The maximum Gasteiger partial charge on any atom is 0.293 e. The third-order valence-corrected chi connectivity index (χ3v) is 4.18. The van der Waals surface area contributed by atoms with Crippen LogP contribution in [0.3, 0.4) is 0 Å². The minimum absolute atomic E-state index is 0. The van der Waals surface area contributed by atoms with Gasteiger partial charge in [0.2, 0.25) is 0 Å². The number of piperazine rings is 1. The lowest BCUT2D eigenvalue weighted by Gasteiger charge is -2.30. The van der Waals surface area contributed by atoms with Crippen molar-refractivity contribution in [1.82, 2.24) is 20.4 Å². The molecule has 0 amide bonds. The van der Waals surface area contributed by atoms with E-state index in [9.17, 15) is 0 Å². The molecule has 3 aromatic rings. The summed E-state index contributed by atoms with van der Waals surface area (Å²) in [7, 11) is 2.06. The Kier molecular flexibility index (Phi) is 4.59. The van der Waals surface area contributed by atoms with E-state index >= 15 is 0 Å². The standard InChI is InChI=1S/C15H15ClN4O2.ClH/c1-20-5-4-17-8-11(20)14-18-15(22-19-14)13-7-9-6-10(16)2-3-12(9)21-13;/h2-3,6-7,11,17H,4-5,8H2,1H3;1H. The molecule has 0 aliphatic carbocycles. The van der Waals surface area contributed by atoms with E-state index in [1.165, 1.54) is 0 Å². The molecule has 3 heterocycles. The van der Waals surface area contributed by atoms with Gasteiger partial charge in [0.25, 0.3) is 5.89 Å². The highest BCUT2D eigenvalue weighted by atomic mass is 35.5. The normalized spacial score (nSPS) is 19.0. The molecule has 1 N–H and O–H groups in total. The van der Waals surface area contributed by atoms with E-state index in [2.05, 4.69) is 27.4 Å². The molecule has 6 nitrogen and oxygen atoms in total. The largest absolute Gasteiger partial charge is 0.451 e. The Morgan fingerprint density at radius 1 is 1.35 bits per heavy atom. The first-order chi connectivity index (χ1) is 10.7. The number of rotatable bonds is 2. The maximum absolute atomic E-state index is 5.99. The fourth-order valence-electron chi connectivity index (χ4n) is 2.68. The summed E-state index contributed by atoms with van der Waals surface area (Å²) in [6.07, 6.45) is 0. The van der Waals surface area contributed by atoms with Gasteiger partial charge in [-0.25, -0.2) is 0 Å². The quantitative estimate of drug-likeness (QED) is 0.762. The molecule has 0 saturated carbocycles. The van der Waals surface area contributed by atoms with E-state index in [1.807, 2.05) is 18.2 Å². The third-order valence-electron chi connectivity index (χ3n) is 3.94. The van der Waals surface area contributed by atoms with Crippen LogP contribution in [0.25, 0.3) is 22.6 Å². The van der Waals surface area contributed by atoms with Gasteiger partial charge in [0.05, 0.1) is 6.04 Å². The van der Waals surface area contributed by atoms with Gasteiger partial charge in [0.1, 0.15) is 5.58 Å². The second-order valence-corrected chi connectivity index (χ2v) is 5.89. The minimum Gasteiger partial charge on any atom is -0.451 e. The molecule has 8 heteroatoms. The lowest BCUT2D eigenvalue weighted by Crippen LogP contribution is -2.44. The van der Waals surface area contributed by atoms with E-state index in [-0.39, 0.29) is 18.4 Å². The van der Waals surface area contributed by atoms with Crippen LogP contribution in [0, 0.1) is 0 Å². The van der Waals surface area contributed by atoms with E-state index in [4.69, 9.17) is 20.5 Å². The Labute approximate surface area is 144 Å². The van der Waals surface area contributed by atoms with E-state index in [0.717, 1.165) is 30.6 Å². The molecule has 1 fully saturated rings. The Bertz CT molecular complexity index is 817. The second-order valence-electron chi connectivity index (χ2n) is 5.45. The average molecular weight is 355 g/mol. The van der Waals surface area contributed by atoms with Gasteiger partial charge in [-0.1, -0.05) is 16.8 Å². The van der Waals surface area contributed by atoms with E-state index in [1.54, 1.807) is 6.07 Å². The van der Waals surface area contributed by atoms with Crippen LogP contribution in [-0.2, 0) is 0 Å². The first kappa shape index (κ1) is 16.3. The number of hydrogen-bond donors (Lipinski definition) is 1. The Balaban J connectivity index is 0.00000156. The number of benzene rings is 1. The van der Waals surface area contributed by atoms with Crippen molar-refractivity contribution in [3.8, 4) is 11.7 Å². The van der Waals surface area contributed by atoms with Crippen molar-refractivity contribution in [3.63, 3.8) is 0 Å². The van der Waals surface area contributed by atoms with Gasteiger partial charge in [0.15, 0.2) is 11.6 Å². The minimum atomic E-state index is 0. The van der Waals surface area contributed by atoms with Crippen LogP contribution in [-0.4, -0.2) is 41.7 Å². The van der Waals surface area contributed by atoms with Crippen LogP contribution in [0.1, 0.15) is 11.9 Å². The molecule has 1 aliphatic rings. The van der Waals surface area contributed by atoms with Crippen molar-refractivity contribution in [3.05, 3.63) is 35.1 Å². The van der Waals surface area contributed by atoms with Crippen LogP contribution in [0.4, 0.5) is 0 Å². The summed E-state index contributed by atoms with van der Waals surface area (Å²) in [5.74, 6) is 1.62. The zero-order valence-electron chi connectivity index (χ0n) is 12.5. The summed E-state index contributed by atoms with van der Waals surface area (Å²) >= 11 is 5.99. The molecular formula is C15H16Cl2N4O2. The van der Waals surface area contributed by atoms with Crippen molar-refractivity contribution in [1.29, 1.82) is 0 Å². The van der Waals surface area contributed by atoms with Gasteiger partial charge in [-0.05, 0) is 31.3 Å². The van der Waals surface area contributed by atoms with Crippen LogP contribution in [0.2, 0.25) is 5.02 Å². The smallest absolute Gasteiger partial charge is 0.293 e. The van der Waals surface area contributed by atoms with E-state index < -0.39 is 0 Å². The SMILES string of the molecule is CN1CCNCC1c1noc(-c2cc3cc(Cl)ccc3o2)n1.Cl. The molecule has 1 aromatic carbocycles. The van der Waals surface area contributed by atoms with Gasteiger partial charge >= 0.3 is 0 Å². The lowest BCUT2D eigenvalue weighted by molar-refractivity contribution is 0.190. The molecule has 4 rings (SSSR count). The van der Waals surface area contributed by atoms with E-state index in [0.29, 0.717) is 22.5 Å². The molecule has 0 radical (unpaired) electrons. The topological polar surface area (TPSA) is 67.3 Å². The average Bonchev–Trinajstić information content (AvgIpc) is 3.13. The summed E-state index contributed by atoms with van der Waals surface area (Å²) in [5, 5.41) is 9.02. The van der Waals surface area contributed by atoms with Crippen molar-refractivity contribution >= 4 is 35.0 Å². The van der Waals surface area contributed by atoms with Crippen molar-refractivity contribution < 1.29 is 8.94 Å². The van der Waals surface area contributed by atoms with Gasteiger partial charge in [-0.3, -0.25) is 4.90 Å². The summed E-state index contributed by atoms with van der Waals surface area (Å²) in [6.45, 7) is 2.74. The monoisotopic (exact) mass is 354 g/mol. The highest BCUT2D eigenvalue weighted by molar-refractivity contribution is 6.31. The predicted octanol–water partition coefficient (Wildman–Crippen LogP) is 3.13. The molecule has 23 heavy (non-hydrogen) atoms. The fourth-order valence-corrected chi connectivity index (χ4v) is 2.86. The predicted molar refractivity (Wildman–Crippen MR) is 90.0 cm³/mol. The Morgan fingerprint density at radius 2 is 2.22 bits per heavy atom. The number of hydrogen-bond acceptors (Lipinski definition) is 6. The number of fused-ring (bicyclic) bond motifs is 1. The van der Waals surface area contributed by atoms with Crippen molar-refractivity contribution in [2.45, 2.75) is 6.04 Å². The number of furan rings is 1. The molecule has 0 spiro atoms. The number of halogens is 2. The first-order valence-electron chi connectivity index (χ1n) is 7.15. The molecule has 0 bridgehead atoms. The van der Waals surface area contributed by atoms with Crippen molar-refractivity contribution in [2.24, 2.45) is 0 Å². The van der Waals surface area contributed by atoms with Crippen LogP contribution in [0.15, 0.2) is 33.2 Å². The van der Waals surface area contributed by atoms with Gasteiger partial charge in [-0.15, -0.1) is 12.4 Å². The second kappa shape index (κ2) is 6.49. The summed E-state index contributed by atoms with van der Waals surface area (Å²) in [6, 6.07) is 7.45. The molecule has 1 saturated heterocycles. The van der Waals surface area contributed by atoms with Gasteiger partial charge < -0.3 is 14.3 Å². The Hall–Kier alpha value is -1.60. The molecule has 1 aliphatic heterocycles. The summed E-state index contributed by atoms with van der Waals surface area (Å²) in [5.41, 5.74) is 0.746. The number of likely N-dealkylation sites (N-methyl/N-ethyl adjacent to an activating group) is 1. The molecule has 122 valence electrons. The Morgan fingerprint density at radius 3 is 3.04 bits per heavy atom. The first-order valence-corrected chi connectivity index (χ1v) is 7.52. The summed E-state index contributed by atoms with van der Waals surface area (Å²) in [4.78, 5) is 6.70. The van der Waals surface area contributed by atoms with Crippen LogP contribution < -0.4 is 5.32 Å². The highest BCUT2D eigenvalue weighted by Gasteiger charge is 2.26. The third kappa shape index (κ3) is 3.07. The van der Waals surface area contributed by atoms with Crippen LogP contribution in [0.5, 0.6) is 0 Å². The number of nitrogens with zero attached hydrogens (tertiary/aromatic N) is 3. The van der Waals surface area contributed by atoms with Crippen LogP contribution >= 0.6 is 24.0 Å². The zero-order valence-corrected chi connectivity index (χ0v) is 14.0. The number of aromatic nitrogens is 2. The maximum atomic E-state index is 5.99. The zero-order chi connectivity index (χ0) is 15.1. The molecule has 1 atom stereocenters. The lowest BCUT2D eigenvalue weighted by atomic mass is 10.2. The van der Waals surface area contributed by atoms with Gasteiger partial charge in [0, 0.05) is 30.0 Å². The summed E-state index contributed by atoms with van der Waals surface area (Å²) < 4.78 is 11.1. The molecule has 1 unspecified atom stereocenters.